The summed E-state index contributed by atoms with van der Waals surface area (Å²) in [6.45, 7) is -0.0916. The van der Waals surface area contributed by atoms with Crippen molar-refractivity contribution in [3.8, 4) is 0 Å². The summed E-state index contributed by atoms with van der Waals surface area (Å²) in [6, 6.07) is 16.6. The molecule has 0 saturated carbocycles. The first kappa shape index (κ1) is 26.3. The van der Waals surface area contributed by atoms with Gasteiger partial charge in [0.2, 0.25) is 5.91 Å². The zero-order valence-corrected chi connectivity index (χ0v) is 22.5. The van der Waals surface area contributed by atoms with E-state index in [4.69, 9.17) is 34.8 Å². The molecule has 5 rings (SSSR count). The maximum atomic E-state index is 13.4. The van der Waals surface area contributed by atoms with Gasteiger partial charge in [0.15, 0.2) is 0 Å². The van der Waals surface area contributed by atoms with Crippen LogP contribution in [0.3, 0.4) is 0 Å². The van der Waals surface area contributed by atoms with Gasteiger partial charge in [-0.25, -0.2) is 4.39 Å². The van der Waals surface area contributed by atoms with Gasteiger partial charge >= 0.3 is 0 Å². The summed E-state index contributed by atoms with van der Waals surface area (Å²) in [5.41, 5.74) is 2.62. The molecule has 38 heavy (non-hydrogen) atoms. The second kappa shape index (κ2) is 10.8. The number of amides is 3. The van der Waals surface area contributed by atoms with Crippen LogP contribution in [0.15, 0.2) is 71.8 Å². The zero-order chi connectivity index (χ0) is 27.0. The van der Waals surface area contributed by atoms with Gasteiger partial charge in [-0.15, -0.1) is 0 Å². The standard InChI is InChI=1S/C27H17Cl3FN3O3S/c28-19-5-3-6-20(29)18(19)13-33-12-15(17-4-1-2-7-23(17)33)10-24-26(36)34(27(37)38-24)14-25(35)32-16-8-9-22(31)21(30)11-16/h1-12H,13-14H2,(H,32,35)/b24-10-. The second-order valence-electron chi connectivity index (χ2n) is 8.37. The first-order valence-electron chi connectivity index (χ1n) is 11.2. The smallest absolute Gasteiger partial charge is 0.294 e. The molecule has 4 aromatic rings. The molecule has 0 spiro atoms. The van der Waals surface area contributed by atoms with Gasteiger partial charge in [0.1, 0.15) is 12.4 Å². The number of halogens is 4. The van der Waals surface area contributed by atoms with Gasteiger partial charge in [-0.3, -0.25) is 19.3 Å². The van der Waals surface area contributed by atoms with Crippen molar-refractivity contribution < 1.29 is 18.8 Å². The zero-order valence-electron chi connectivity index (χ0n) is 19.4. The van der Waals surface area contributed by atoms with E-state index >= 15 is 0 Å². The number of thioether (sulfide) groups is 1. The predicted molar refractivity (Wildman–Crippen MR) is 150 cm³/mol. The van der Waals surface area contributed by atoms with Crippen molar-refractivity contribution in [1.29, 1.82) is 0 Å². The highest BCUT2D eigenvalue weighted by Crippen LogP contribution is 2.35. The van der Waals surface area contributed by atoms with Crippen LogP contribution in [0, 0.1) is 5.82 Å². The van der Waals surface area contributed by atoms with Crippen LogP contribution in [0.1, 0.15) is 11.1 Å². The number of carbonyl (C=O) groups excluding carboxylic acids is 3. The largest absolute Gasteiger partial charge is 0.342 e. The number of carbonyl (C=O) groups is 3. The van der Waals surface area contributed by atoms with Crippen LogP contribution >= 0.6 is 46.6 Å². The summed E-state index contributed by atoms with van der Waals surface area (Å²) in [5, 5.41) is 3.73. The van der Waals surface area contributed by atoms with Crippen LogP contribution < -0.4 is 5.32 Å². The van der Waals surface area contributed by atoms with Gasteiger partial charge in [-0.1, -0.05) is 59.1 Å². The number of fused-ring (bicyclic) bond motifs is 1. The van der Waals surface area contributed by atoms with Crippen molar-refractivity contribution in [3.05, 3.63) is 104 Å². The van der Waals surface area contributed by atoms with Crippen LogP contribution in [0.4, 0.5) is 14.9 Å². The molecule has 2 heterocycles. The maximum absolute atomic E-state index is 13.4. The number of nitrogens with zero attached hydrogens (tertiary/aromatic N) is 2. The Morgan fingerprint density at radius 1 is 0.974 bits per heavy atom. The maximum Gasteiger partial charge on any atom is 0.294 e. The fourth-order valence-electron chi connectivity index (χ4n) is 4.07. The molecule has 1 fully saturated rings. The van der Waals surface area contributed by atoms with Crippen molar-refractivity contribution >= 4 is 86.3 Å². The average Bonchev–Trinajstić information content (AvgIpc) is 3.35. The fraction of sp³-hybridized carbons (Fsp3) is 0.0741. The molecule has 1 N–H and O–H groups in total. The lowest BCUT2D eigenvalue weighted by Gasteiger charge is -2.12. The first-order valence-corrected chi connectivity index (χ1v) is 13.2. The molecule has 0 radical (unpaired) electrons. The van der Waals surface area contributed by atoms with Crippen molar-refractivity contribution in [2.24, 2.45) is 0 Å². The molecule has 0 aliphatic carbocycles. The van der Waals surface area contributed by atoms with E-state index in [1.165, 1.54) is 12.1 Å². The van der Waals surface area contributed by atoms with E-state index in [1.54, 1.807) is 24.3 Å². The van der Waals surface area contributed by atoms with Gasteiger partial charge in [0.25, 0.3) is 11.1 Å². The molecule has 0 atom stereocenters. The summed E-state index contributed by atoms with van der Waals surface area (Å²) >= 11 is 19.2. The Kier molecular flexibility index (Phi) is 7.49. The molecule has 1 saturated heterocycles. The van der Waals surface area contributed by atoms with Crippen molar-refractivity contribution in [2.75, 3.05) is 11.9 Å². The highest BCUT2D eigenvalue weighted by atomic mass is 35.5. The molecule has 3 amide bonds. The number of rotatable bonds is 6. The lowest BCUT2D eigenvalue weighted by Crippen LogP contribution is -2.36. The highest BCUT2D eigenvalue weighted by molar-refractivity contribution is 8.18. The number of nitrogens with one attached hydrogen (secondary N) is 1. The Balaban J connectivity index is 1.38. The molecule has 1 aromatic heterocycles. The molecule has 0 unspecified atom stereocenters. The van der Waals surface area contributed by atoms with E-state index in [-0.39, 0.29) is 15.6 Å². The SMILES string of the molecule is O=C(CN1C(=O)S/C(=C\c2cn(Cc3c(Cl)cccc3Cl)c3ccccc23)C1=O)Nc1ccc(F)c(Cl)c1. The Bertz CT molecular complexity index is 1630. The third kappa shape index (κ3) is 5.31. The molecule has 1 aliphatic heterocycles. The molecule has 1 aliphatic rings. The molecule has 6 nitrogen and oxygen atoms in total. The number of para-hydroxylation sites is 1. The lowest BCUT2D eigenvalue weighted by atomic mass is 10.1. The first-order chi connectivity index (χ1) is 18.2. The summed E-state index contributed by atoms with van der Waals surface area (Å²) in [5.74, 6) is -1.83. The second-order valence-corrected chi connectivity index (χ2v) is 10.6. The normalized spacial score (nSPS) is 14.6. The lowest BCUT2D eigenvalue weighted by molar-refractivity contribution is -0.127. The van der Waals surface area contributed by atoms with Crippen LogP contribution in [0.25, 0.3) is 17.0 Å². The van der Waals surface area contributed by atoms with Gasteiger partial charge in [-0.2, -0.15) is 0 Å². The number of anilines is 1. The minimum Gasteiger partial charge on any atom is -0.342 e. The number of imide groups is 1. The third-order valence-electron chi connectivity index (χ3n) is 5.87. The molecular weight excluding hydrogens is 572 g/mol. The molecule has 3 aromatic carbocycles. The van der Waals surface area contributed by atoms with E-state index in [9.17, 15) is 18.8 Å². The minimum atomic E-state index is -0.628. The van der Waals surface area contributed by atoms with Crippen molar-refractivity contribution in [3.63, 3.8) is 0 Å². The van der Waals surface area contributed by atoms with Crippen LogP contribution in [0.2, 0.25) is 15.1 Å². The van der Waals surface area contributed by atoms with Crippen LogP contribution in [-0.2, 0) is 16.1 Å². The van der Waals surface area contributed by atoms with E-state index in [1.807, 2.05) is 35.0 Å². The number of hydrogen-bond acceptors (Lipinski definition) is 4. The van der Waals surface area contributed by atoms with Gasteiger partial charge in [0, 0.05) is 44.0 Å². The summed E-state index contributed by atoms with van der Waals surface area (Å²) in [6.07, 6.45) is 3.50. The van der Waals surface area contributed by atoms with Gasteiger partial charge in [0.05, 0.1) is 16.5 Å². The fourth-order valence-corrected chi connectivity index (χ4v) is 5.60. The Morgan fingerprint density at radius 2 is 1.71 bits per heavy atom. The van der Waals surface area contributed by atoms with Crippen LogP contribution in [0.5, 0.6) is 0 Å². The topological polar surface area (TPSA) is 71.4 Å². The number of aromatic nitrogens is 1. The number of hydrogen-bond donors (Lipinski definition) is 1. The average molecular weight is 589 g/mol. The number of benzene rings is 3. The summed E-state index contributed by atoms with van der Waals surface area (Å²) < 4.78 is 15.3. The predicted octanol–water partition coefficient (Wildman–Crippen LogP) is 7.46. The van der Waals surface area contributed by atoms with E-state index < -0.39 is 29.4 Å². The third-order valence-corrected chi connectivity index (χ3v) is 7.78. The Hall–Kier alpha value is -3.30. The van der Waals surface area contributed by atoms with Crippen molar-refractivity contribution in [2.45, 2.75) is 6.54 Å². The van der Waals surface area contributed by atoms with Crippen molar-refractivity contribution in [1.82, 2.24) is 9.47 Å². The van der Waals surface area contributed by atoms with Gasteiger partial charge < -0.3 is 9.88 Å². The monoisotopic (exact) mass is 587 g/mol. The molecule has 0 bridgehead atoms. The van der Waals surface area contributed by atoms with Crippen LogP contribution in [-0.4, -0.2) is 33.1 Å². The van der Waals surface area contributed by atoms with E-state index in [0.717, 1.165) is 44.8 Å². The molecule has 192 valence electrons. The molecule has 11 heteroatoms. The highest BCUT2D eigenvalue weighted by Gasteiger charge is 2.36. The minimum absolute atomic E-state index is 0.159. The Labute approximate surface area is 235 Å². The molecular formula is C27H17Cl3FN3O3S. The van der Waals surface area contributed by atoms with E-state index in [0.29, 0.717) is 16.6 Å². The van der Waals surface area contributed by atoms with Gasteiger partial charge in [-0.05, 0) is 54.2 Å². The van der Waals surface area contributed by atoms with E-state index in [2.05, 4.69) is 5.32 Å². The summed E-state index contributed by atoms with van der Waals surface area (Å²) in [4.78, 5) is 39.2. The summed E-state index contributed by atoms with van der Waals surface area (Å²) in [7, 11) is 0. The Morgan fingerprint density at radius 3 is 2.45 bits per heavy atom. The quantitative estimate of drug-likeness (QED) is 0.237.